The molecular weight excluding hydrogens is 345 g/mol. The fourth-order valence-corrected chi connectivity index (χ4v) is 2.89. The van der Waals surface area contributed by atoms with Gasteiger partial charge < -0.3 is 5.32 Å². The van der Waals surface area contributed by atoms with Crippen molar-refractivity contribution in [1.29, 1.82) is 0 Å². The number of oxime groups is 1. The lowest BCUT2D eigenvalue weighted by Gasteiger charge is -2.18. The van der Waals surface area contributed by atoms with Crippen molar-refractivity contribution < 1.29 is 14.4 Å². The molecule has 1 aliphatic rings. The van der Waals surface area contributed by atoms with Gasteiger partial charge in [-0.2, -0.15) is 0 Å². The Morgan fingerprint density at radius 2 is 2.28 bits per heavy atom. The molecule has 0 radical (unpaired) electrons. The molecule has 1 rings (SSSR count). The SMILES string of the molecule is CN(SC(Cl)(Cl)Cl)C(=O)ON=C1SCCNC1=O. The number of alkyl halides is 3. The van der Waals surface area contributed by atoms with E-state index < -0.39 is 9.22 Å². The minimum atomic E-state index is -1.68. The van der Waals surface area contributed by atoms with Crippen LogP contribution in [0, 0.1) is 0 Å². The largest absolute Gasteiger partial charge is 0.445 e. The van der Waals surface area contributed by atoms with Crippen LogP contribution in [0.5, 0.6) is 0 Å². The van der Waals surface area contributed by atoms with Gasteiger partial charge in [-0.15, -0.1) is 0 Å². The number of nitrogens with zero attached hydrogens (tertiary/aromatic N) is 2. The van der Waals surface area contributed by atoms with Gasteiger partial charge in [-0.05, 0) is 0 Å². The Morgan fingerprint density at radius 3 is 2.83 bits per heavy atom. The molecule has 0 aliphatic carbocycles. The number of amides is 2. The maximum absolute atomic E-state index is 11.4. The van der Waals surface area contributed by atoms with Gasteiger partial charge in [0.15, 0.2) is 0 Å². The van der Waals surface area contributed by atoms with E-state index in [2.05, 4.69) is 15.3 Å². The number of carbonyl (C=O) groups is 2. The summed E-state index contributed by atoms with van der Waals surface area (Å²) in [5, 5.41) is 6.09. The first kappa shape index (κ1) is 16.0. The molecule has 0 atom stereocenters. The van der Waals surface area contributed by atoms with Crippen molar-refractivity contribution in [2.45, 2.75) is 3.12 Å². The molecule has 6 nitrogen and oxygen atoms in total. The molecule has 1 saturated heterocycles. The Kier molecular flexibility index (Phi) is 6.19. The minimum Gasteiger partial charge on any atom is -0.349 e. The van der Waals surface area contributed by atoms with Crippen molar-refractivity contribution >= 4 is 75.6 Å². The van der Waals surface area contributed by atoms with E-state index in [0.717, 1.165) is 4.31 Å². The van der Waals surface area contributed by atoms with E-state index in [1.807, 2.05) is 0 Å². The minimum absolute atomic E-state index is 0.0851. The Bertz CT molecular complexity index is 375. The van der Waals surface area contributed by atoms with E-state index in [4.69, 9.17) is 34.8 Å². The monoisotopic (exact) mass is 351 g/mol. The molecule has 0 saturated carbocycles. The maximum Gasteiger partial charge on any atom is 0.445 e. The normalized spacial score (nSPS) is 18.4. The second-order valence-corrected chi connectivity index (χ2v) is 8.27. The fraction of sp³-hybridized carbons (Fsp3) is 0.571. The van der Waals surface area contributed by atoms with Crippen molar-refractivity contribution in [2.75, 3.05) is 19.3 Å². The number of thioether (sulfide) groups is 1. The van der Waals surface area contributed by atoms with Crippen molar-refractivity contribution in [3.8, 4) is 0 Å². The van der Waals surface area contributed by atoms with Crippen molar-refractivity contribution in [1.82, 2.24) is 9.62 Å². The predicted octanol–water partition coefficient (Wildman–Crippen LogP) is 2.21. The average molecular weight is 353 g/mol. The summed E-state index contributed by atoms with van der Waals surface area (Å²) < 4.78 is -0.722. The summed E-state index contributed by atoms with van der Waals surface area (Å²) in [6.45, 7) is 0.555. The number of hydrogen-bond acceptors (Lipinski definition) is 6. The molecule has 1 aliphatic heterocycles. The molecule has 1 fully saturated rings. The third-order valence-corrected chi connectivity index (χ3v) is 3.72. The summed E-state index contributed by atoms with van der Waals surface area (Å²) in [5.74, 6) is 0.289. The molecule has 102 valence electrons. The summed E-state index contributed by atoms with van der Waals surface area (Å²) in [4.78, 5) is 27.3. The molecule has 0 aromatic heterocycles. The van der Waals surface area contributed by atoms with E-state index in [9.17, 15) is 9.59 Å². The first-order valence-electron chi connectivity index (χ1n) is 4.49. The summed E-state index contributed by atoms with van der Waals surface area (Å²) in [6.07, 6.45) is -0.849. The third-order valence-electron chi connectivity index (χ3n) is 1.52. The van der Waals surface area contributed by atoms with Crippen molar-refractivity contribution in [3.05, 3.63) is 0 Å². The molecule has 0 aromatic carbocycles. The van der Waals surface area contributed by atoms with Gasteiger partial charge in [-0.25, -0.2) is 9.10 Å². The molecule has 0 bridgehead atoms. The standard InChI is InChI=1S/C7H8Cl3N3O3S2/c1-13(18-7(8,9)10)6(15)16-12-5-4(14)11-2-3-17-5/h2-3H2,1H3,(H,11,14). The van der Waals surface area contributed by atoms with Crippen LogP contribution >= 0.6 is 58.5 Å². The third kappa shape index (κ3) is 5.75. The van der Waals surface area contributed by atoms with Crippen molar-refractivity contribution in [2.24, 2.45) is 5.16 Å². The summed E-state index contributed by atoms with van der Waals surface area (Å²) in [6, 6.07) is 0. The van der Waals surface area contributed by atoms with Crippen LogP contribution in [0.15, 0.2) is 5.16 Å². The molecule has 11 heteroatoms. The summed E-state index contributed by atoms with van der Waals surface area (Å²) in [5.41, 5.74) is 0. The Morgan fingerprint density at radius 1 is 1.61 bits per heavy atom. The number of carbonyl (C=O) groups excluding carboxylic acids is 2. The zero-order valence-electron chi connectivity index (χ0n) is 8.98. The van der Waals surface area contributed by atoms with Crippen LogP contribution in [-0.4, -0.2) is 43.8 Å². The van der Waals surface area contributed by atoms with Gasteiger partial charge in [0.05, 0.1) is 0 Å². The van der Waals surface area contributed by atoms with E-state index in [1.54, 1.807) is 0 Å². The van der Waals surface area contributed by atoms with Gasteiger partial charge in [-0.1, -0.05) is 51.7 Å². The van der Waals surface area contributed by atoms with Gasteiger partial charge in [0.2, 0.25) is 5.04 Å². The second kappa shape index (κ2) is 6.95. The zero-order valence-corrected chi connectivity index (χ0v) is 12.9. The highest BCUT2D eigenvalue weighted by Gasteiger charge is 2.27. The Balaban J connectivity index is 2.49. The van der Waals surface area contributed by atoms with Gasteiger partial charge in [0.1, 0.15) is 0 Å². The van der Waals surface area contributed by atoms with E-state index in [0.29, 0.717) is 24.2 Å². The summed E-state index contributed by atoms with van der Waals surface area (Å²) in [7, 11) is 1.35. The lowest BCUT2D eigenvalue weighted by Crippen LogP contribution is -2.36. The molecule has 2 amide bonds. The Hall–Kier alpha value is -0.0200. The molecule has 1 heterocycles. The highest BCUT2D eigenvalue weighted by molar-refractivity contribution is 8.15. The zero-order chi connectivity index (χ0) is 13.8. The Labute approximate surface area is 127 Å². The maximum atomic E-state index is 11.4. The molecule has 0 unspecified atom stereocenters. The van der Waals surface area contributed by atoms with E-state index in [1.165, 1.54) is 18.8 Å². The van der Waals surface area contributed by atoms with Gasteiger partial charge in [0.25, 0.3) is 9.03 Å². The highest BCUT2D eigenvalue weighted by Crippen LogP contribution is 2.40. The van der Waals surface area contributed by atoms with Gasteiger partial charge in [0, 0.05) is 31.3 Å². The molecular formula is C7H8Cl3N3O3S2. The molecule has 0 spiro atoms. The predicted molar refractivity (Wildman–Crippen MR) is 75.0 cm³/mol. The number of nitrogens with one attached hydrogen (secondary N) is 1. The van der Waals surface area contributed by atoms with Crippen LogP contribution in [0.1, 0.15) is 0 Å². The second-order valence-electron chi connectivity index (χ2n) is 2.89. The highest BCUT2D eigenvalue weighted by atomic mass is 35.6. The first-order valence-corrected chi connectivity index (χ1v) is 7.38. The van der Waals surface area contributed by atoms with E-state index >= 15 is 0 Å². The first-order chi connectivity index (χ1) is 8.29. The quantitative estimate of drug-likeness (QED) is 0.357. The average Bonchev–Trinajstić information content (AvgIpc) is 2.25. The van der Waals surface area contributed by atoms with Crippen LogP contribution in [0.25, 0.3) is 0 Å². The number of hydrogen-bond donors (Lipinski definition) is 1. The number of rotatable bonds is 2. The van der Waals surface area contributed by atoms with Crippen LogP contribution in [-0.2, 0) is 9.63 Å². The molecule has 1 N–H and O–H groups in total. The molecule has 18 heavy (non-hydrogen) atoms. The topological polar surface area (TPSA) is 71.0 Å². The molecule has 0 aromatic rings. The smallest absolute Gasteiger partial charge is 0.349 e. The summed E-state index contributed by atoms with van der Waals surface area (Å²) >= 11 is 18.3. The van der Waals surface area contributed by atoms with Crippen molar-refractivity contribution in [3.63, 3.8) is 0 Å². The fourth-order valence-electron chi connectivity index (χ4n) is 0.852. The lowest BCUT2D eigenvalue weighted by atomic mass is 10.6. The van der Waals surface area contributed by atoms with E-state index in [-0.39, 0.29) is 11.0 Å². The van der Waals surface area contributed by atoms with Gasteiger partial charge >= 0.3 is 6.09 Å². The van der Waals surface area contributed by atoms with Crippen LogP contribution in [0.3, 0.4) is 0 Å². The van der Waals surface area contributed by atoms with Gasteiger partial charge in [-0.3, -0.25) is 9.63 Å². The van der Waals surface area contributed by atoms with Crippen LogP contribution < -0.4 is 5.32 Å². The van der Waals surface area contributed by atoms with Crippen LogP contribution in [0.4, 0.5) is 4.79 Å². The van der Waals surface area contributed by atoms with Crippen LogP contribution in [0.2, 0.25) is 0 Å². The number of halogens is 3. The lowest BCUT2D eigenvalue weighted by molar-refractivity contribution is -0.114.